The molecule has 0 radical (unpaired) electrons. The first-order chi connectivity index (χ1) is 11.6. The van der Waals surface area contributed by atoms with Gasteiger partial charge in [-0.15, -0.1) is 0 Å². The second-order valence-corrected chi connectivity index (χ2v) is 6.22. The van der Waals surface area contributed by atoms with Crippen LogP contribution >= 0.6 is 0 Å². The zero-order valence-corrected chi connectivity index (χ0v) is 15.9. The first kappa shape index (κ1) is 20.3. The second-order valence-electron chi connectivity index (χ2n) is 6.22. The molecule has 5 heteroatoms. The fourth-order valence-corrected chi connectivity index (χ4v) is 2.29. The predicted molar refractivity (Wildman–Crippen MR) is 103 cm³/mol. The third kappa shape index (κ3) is 7.68. The van der Waals surface area contributed by atoms with Gasteiger partial charge < -0.3 is 20.3 Å². The van der Waals surface area contributed by atoms with Gasteiger partial charge in [0.15, 0.2) is 5.96 Å². The van der Waals surface area contributed by atoms with Gasteiger partial charge in [-0.3, -0.25) is 0 Å². The SMILES string of the molecule is CCNC(=NCc1ccccc1OC)NCCCCN(C)C(C)C. The topological polar surface area (TPSA) is 48.9 Å². The first-order valence-corrected chi connectivity index (χ1v) is 8.92. The summed E-state index contributed by atoms with van der Waals surface area (Å²) in [7, 11) is 3.87. The van der Waals surface area contributed by atoms with Crippen molar-refractivity contribution < 1.29 is 4.74 Å². The van der Waals surface area contributed by atoms with Gasteiger partial charge in [0.2, 0.25) is 0 Å². The predicted octanol–water partition coefficient (Wildman–Crippen LogP) is 2.87. The van der Waals surface area contributed by atoms with Crippen LogP contribution in [0.15, 0.2) is 29.3 Å². The Kier molecular flexibility index (Phi) is 9.92. The molecule has 0 aliphatic rings. The van der Waals surface area contributed by atoms with Crippen molar-refractivity contribution in [3.63, 3.8) is 0 Å². The minimum Gasteiger partial charge on any atom is -0.496 e. The van der Waals surface area contributed by atoms with E-state index >= 15 is 0 Å². The highest BCUT2D eigenvalue weighted by Gasteiger charge is 2.04. The fourth-order valence-electron chi connectivity index (χ4n) is 2.29. The van der Waals surface area contributed by atoms with Crippen LogP contribution in [0.1, 0.15) is 39.2 Å². The maximum absolute atomic E-state index is 5.38. The molecule has 1 aromatic carbocycles. The van der Waals surface area contributed by atoms with Crippen LogP contribution in [0.3, 0.4) is 0 Å². The van der Waals surface area contributed by atoms with Gasteiger partial charge in [0, 0.05) is 24.7 Å². The van der Waals surface area contributed by atoms with Crippen molar-refractivity contribution in [2.45, 2.75) is 46.2 Å². The molecule has 0 saturated heterocycles. The van der Waals surface area contributed by atoms with Gasteiger partial charge in [-0.1, -0.05) is 18.2 Å². The summed E-state index contributed by atoms with van der Waals surface area (Å²) in [6.45, 7) is 10.1. The van der Waals surface area contributed by atoms with E-state index in [4.69, 9.17) is 4.74 Å². The van der Waals surface area contributed by atoms with Crippen LogP contribution in [-0.2, 0) is 6.54 Å². The van der Waals surface area contributed by atoms with E-state index < -0.39 is 0 Å². The van der Waals surface area contributed by atoms with Gasteiger partial charge in [0.05, 0.1) is 13.7 Å². The molecule has 5 nitrogen and oxygen atoms in total. The summed E-state index contributed by atoms with van der Waals surface area (Å²) in [5, 5.41) is 6.71. The molecule has 0 amide bonds. The largest absolute Gasteiger partial charge is 0.496 e. The average molecular weight is 335 g/mol. The van der Waals surface area contributed by atoms with Gasteiger partial charge in [-0.05, 0) is 53.3 Å². The molecule has 0 fully saturated rings. The molecule has 24 heavy (non-hydrogen) atoms. The van der Waals surface area contributed by atoms with Gasteiger partial charge in [-0.2, -0.15) is 0 Å². The van der Waals surface area contributed by atoms with Crippen LogP contribution in [-0.4, -0.2) is 50.7 Å². The molecule has 0 aliphatic carbocycles. The van der Waals surface area contributed by atoms with Crippen molar-refractivity contribution in [1.82, 2.24) is 15.5 Å². The van der Waals surface area contributed by atoms with E-state index in [9.17, 15) is 0 Å². The van der Waals surface area contributed by atoms with Gasteiger partial charge in [0.1, 0.15) is 5.75 Å². The lowest BCUT2D eigenvalue weighted by molar-refractivity contribution is 0.268. The lowest BCUT2D eigenvalue weighted by Gasteiger charge is -2.20. The normalized spacial score (nSPS) is 11.9. The number of ether oxygens (including phenoxy) is 1. The number of unbranched alkanes of at least 4 members (excludes halogenated alkanes) is 1. The number of aliphatic imine (C=N–C) groups is 1. The lowest BCUT2D eigenvalue weighted by Crippen LogP contribution is -2.38. The Hall–Kier alpha value is -1.75. The van der Waals surface area contributed by atoms with E-state index in [-0.39, 0.29) is 0 Å². The smallest absolute Gasteiger partial charge is 0.191 e. The Morgan fingerprint density at radius 1 is 1.21 bits per heavy atom. The number of methoxy groups -OCH3 is 1. The van der Waals surface area contributed by atoms with Crippen LogP contribution in [0, 0.1) is 0 Å². The number of hydrogen-bond donors (Lipinski definition) is 2. The summed E-state index contributed by atoms with van der Waals surface area (Å²) in [5.74, 6) is 1.74. The van der Waals surface area contributed by atoms with Crippen LogP contribution in [0.5, 0.6) is 5.75 Å². The highest BCUT2D eigenvalue weighted by molar-refractivity contribution is 5.79. The number of benzene rings is 1. The summed E-state index contributed by atoms with van der Waals surface area (Å²) in [6, 6.07) is 8.62. The standard InChI is InChI=1S/C19H34N4O/c1-6-20-19(21-13-9-10-14-23(4)16(2)3)22-15-17-11-7-8-12-18(17)24-5/h7-8,11-12,16H,6,9-10,13-15H2,1-5H3,(H2,20,21,22). The fraction of sp³-hybridized carbons (Fsp3) is 0.632. The number of para-hydroxylation sites is 1. The van der Waals surface area contributed by atoms with Gasteiger partial charge in [0.25, 0.3) is 0 Å². The number of hydrogen-bond acceptors (Lipinski definition) is 3. The highest BCUT2D eigenvalue weighted by atomic mass is 16.5. The van der Waals surface area contributed by atoms with Crippen molar-refractivity contribution in [3.8, 4) is 5.75 Å². The van der Waals surface area contributed by atoms with Crippen molar-refractivity contribution >= 4 is 5.96 Å². The molecule has 0 aliphatic heterocycles. The second kappa shape index (κ2) is 11.7. The number of rotatable bonds is 10. The third-order valence-corrected chi connectivity index (χ3v) is 4.06. The Morgan fingerprint density at radius 3 is 2.62 bits per heavy atom. The molecular formula is C19H34N4O. The van der Waals surface area contributed by atoms with E-state index in [2.05, 4.69) is 48.3 Å². The summed E-state index contributed by atoms with van der Waals surface area (Å²) in [4.78, 5) is 7.03. The summed E-state index contributed by atoms with van der Waals surface area (Å²) >= 11 is 0. The Morgan fingerprint density at radius 2 is 1.96 bits per heavy atom. The Labute approximate surface area is 147 Å². The van der Waals surface area contributed by atoms with Gasteiger partial charge in [-0.25, -0.2) is 4.99 Å². The van der Waals surface area contributed by atoms with E-state index in [1.807, 2.05) is 24.3 Å². The maximum atomic E-state index is 5.38. The van der Waals surface area contributed by atoms with Gasteiger partial charge >= 0.3 is 0 Å². The lowest BCUT2D eigenvalue weighted by atomic mass is 10.2. The quantitative estimate of drug-likeness (QED) is 0.392. The van der Waals surface area contributed by atoms with E-state index in [0.29, 0.717) is 12.6 Å². The Balaban J connectivity index is 2.43. The number of guanidine groups is 1. The number of nitrogens with one attached hydrogen (secondary N) is 2. The minimum absolute atomic E-state index is 0.607. The zero-order chi connectivity index (χ0) is 17.8. The molecule has 0 spiro atoms. The minimum atomic E-state index is 0.607. The van der Waals surface area contributed by atoms with E-state index in [1.54, 1.807) is 7.11 Å². The summed E-state index contributed by atoms with van der Waals surface area (Å²) in [5.41, 5.74) is 1.09. The molecule has 0 saturated carbocycles. The molecular weight excluding hydrogens is 300 g/mol. The maximum Gasteiger partial charge on any atom is 0.191 e. The molecule has 0 heterocycles. The van der Waals surface area contributed by atoms with Crippen molar-refractivity contribution in [3.05, 3.63) is 29.8 Å². The monoisotopic (exact) mass is 334 g/mol. The third-order valence-electron chi connectivity index (χ3n) is 4.06. The number of nitrogens with zero attached hydrogens (tertiary/aromatic N) is 2. The molecule has 0 bridgehead atoms. The zero-order valence-electron chi connectivity index (χ0n) is 15.9. The van der Waals surface area contributed by atoms with Crippen LogP contribution in [0.25, 0.3) is 0 Å². The van der Waals surface area contributed by atoms with Crippen molar-refractivity contribution in [2.75, 3.05) is 33.8 Å². The van der Waals surface area contributed by atoms with Crippen LogP contribution < -0.4 is 15.4 Å². The van der Waals surface area contributed by atoms with Crippen molar-refractivity contribution in [2.24, 2.45) is 4.99 Å². The molecule has 0 atom stereocenters. The summed E-state index contributed by atoms with van der Waals surface area (Å²) < 4.78 is 5.38. The van der Waals surface area contributed by atoms with Crippen molar-refractivity contribution in [1.29, 1.82) is 0 Å². The molecule has 0 aromatic heterocycles. The molecule has 0 unspecified atom stereocenters. The van der Waals surface area contributed by atoms with E-state index in [0.717, 1.165) is 43.3 Å². The summed E-state index contributed by atoms with van der Waals surface area (Å²) in [6.07, 6.45) is 2.32. The Bertz CT molecular complexity index is 488. The van der Waals surface area contributed by atoms with E-state index in [1.165, 1.54) is 6.42 Å². The van der Waals surface area contributed by atoms with Crippen LogP contribution in [0.2, 0.25) is 0 Å². The molecule has 1 rings (SSSR count). The highest BCUT2D eigenvalue weighted by Crippen LogP contribution is 2.17. The molecule has 136 valence electrons. The van der Waals surface area contributed by atoms with Crippen LogP contribution in [0.4, 0.5) is 0 Å². The molecule has 1 aromatic rings. The average Bonchev–Trinajstić information content (AvgIpc) is 2.59. The molecule has 2 N–H and O–H groups in total. The first-order valence-electron chi connectivity index (χ1n) is 8.92.